The summed E-state index contributed by atoms with van der Waals surface area (Å²) in [6, 6.07) is 6.22. The van der Waals surface area contributed by atoms with Crippen molar-refractivity contribution < 1.29 is 4.74 Å². The zero-order chi connectivity index (χ0) is 11.6. The van der Waals surface area contributed by atoms with Gasteiger partial charge in [-0.15, -0.1) is 6.58 Å². The lowest BCUT2D eigenvalue weighted by molar-refractivity contribution is 0.138. The van der Waals surface area contributed by atoms with Gasteiger partial charge in [0.2, 0.25) is 0 Å². The summed E-state index contributed by atoms with van der Waals surface area (Å²) in [6.07, 6.45) is 4.59. The highest BCUT2D eigenvalue weighted by molar-refractivity contribution is 5.07. The highest BCUT2D eigenvalue weighted by atomic mass is 16.5. The summed E-state index contributed by atoms with van der Waals surface area (Å²) in [7, 11) is 0. The van der Waals surface area contributed by atoms with Crippen molar-refractivity contribution in [1.82, 2.24) is 10.3 Å². The number of ether oxygens (including phenoxy) is 1. The number of hydrogen-bond acceptors (Lipinski definition) is 3. The highest BCUT2D eigenvalue weighted by Gasteiger charge is 2.03. The van der Waals surface area contributed by atoms with Crippen LogP contribution in [-0.2, 0) is 4.74 Å². The molecule has 1 unspecified atom stereocenters. The summed E-state index contributed by atoms with van der Waals surface area (Å²) in [5, 5.41) is 3.36. The van der Waals surface area contributed by atoms with Crippen LogP contribution in [0.15, 0.2) is 37.1 Å². The summed E-state index contributed by atoms with van der Waals surface area (Å²) in [6.45, 7) is 8.07. The number of hydrogen-bond donors (Lipinski definition) is 1. The molecular formula is C13H20N2O. The van der Waals surface area contributed by atoms with E-state index in [1.165, 1.54) is 0 Å². The Labute approximate surface area is 97.5 Å². The van der Waals surface area contributed by atoms with Crippen molar-refractivity contribution in [2.24, 2.45) is 0 Å². The molecule has 0 saturated carbocycles. The lowest BCUT2D eigenvalue weighted by Gasteiger charge is -2.12. The quantitative estimate of drug-likeness (QED) is 0.539. The van der Waals surface area contributed by atoms with Crippen LogP contribution in [0.5, 0.6) is 0 Å². The van der Waals surface area contributed by atoms with E-state index >= 15 is 0 Å². The Morgan fingerprint density at radius 2 is 2.38 bits per heavy atom. The molecule has 0 aliphatic rings. The first-order valence-corrected chi connectivity index (χ1v) is 5.67. The Kier molecular flexibility index (Phi) is 6.45. The van der Waals surface area contributed by atoms with E-state index in [1.54, 1.807) is 0 Å². The van der Waals surface area contributed by atoms with Crippen LogP contribution in [0.3, 0.4) is 0 Å². The Hall–Kier alpha value is -1.19. The van der Waals surface area contributed by atoms with Crippen LogP contribution in [0.4, 0.5) is 0 Å². The molecule has 88 valence electrons. The first-order chi connectivity index (χ1) is 7.84. The molecule has 16 heavy (non-hydrogen) atoms. The van der Waals surface area contributed by atoms with Gasteiger partial charge in [0.1, 0.15) is 0 Å². The minimum Gasteiger partial charge on any atom is -0.380 e. The van der Waals surface area contributed by atoms with Gasteiger partial charge in [0.15, 0.2) is 0 Å². The molecular weight excluding hydrogens is 200 g/mol. The van der Waals surface area contributed by atoms with Gasteiger partial charge < -0.3 is 10.1 Å². The van der Waals surface area contributed by atoms with Gasteiger partial charge in [-0.05, 0) is 25.5 Å². The Bertz CT molecular complexity index is 287. The maximum atomic E-state index is 5.41. The van der Waals surface area contributed by atoms with E-state index in [2.05, 4.69) is 23.8 Å². The van der Waals surface area contributed by atoms with Crippen molar-refractivity contribution in [3.8, 4) is 0 Å². The maximum Gasteiger partial charge on any atom is 0.0591 e. The normalized spacial score (nSPS) is 12.3. The first kappa shape index (κ1) is 12.9. The largest absolute Gasteiger partial charge is 0.380 e. The van der Waals surface area contributed by atoms with Gasteiger partial charge in [-0.1, -0.05) is 12.1 Å². The van der Waals surface area contributed by atoms with Gasteiger partial charge >= 0.3 is 0 Å². The van der Waals surface area contributed by atoms with Crippen molar-refractivity contribution in [1.29, 1.82) is 0 Å². The molecule has 0 aliphatic carbocycles. The standard InChI is InChI=1S/C13H20N2O/c1-3-4-10-16-11-9-14-12(2)13-7-5-6-8-15-13/h3,5-8,12,14H,1,4,9-11H2,2H3. The Balaban J connectivity index is 2.11. The topological polar surface area (TPSA) is 34.1 Å². The number of rotatable bonds is 8. The van der Waals surface area contributed by atoms with E-state index in [9.17, 15) is 0 Å². The number of nitrogens with one attached hydrogen (secondary N) is 1. The summed E-state index contributed by atoms with van der Waals surface area (Å²) >= 11 is 0. The third-order valence-corrected chi connectivity index (χ3v) is 2.29. The molecule has 0 fully saturated rings. The van der Waals surface area contributed by atoms with Gasteiger partial charge in [0.05, 0.1) is 18.9 Å². The molecule has 1 heterocycles. The summed E-state index contributed by atoms with van der Waals surface area (Å²) in [5.41, 5.74) is 1.06. The van der Waals surface area contributed by atoms with Crippen LogP contribution in [0, 0.1) is 0 Å². The summed E-state index contributed by atoms with van der Waals surface area (Å²) < 4.78 is 5.41. The molecule has 1 aromatic rings. The average Bonchev–Trinajstić information content (AvgIpc) is 2.34. The number of pyridine rings is 1. The lowest BCUT2D eigenvalue weighted by Crippen LogP contribution is -2.24. The Morgan fingerprint density at radius 1 is 1.50 bits per heavy atom. The Morgan fingerprint density at radius 3 is 3.06 bits per heavy atom. The van der Waals surface area contributed by atoms with E-state index in [1.807, 2.05) is 30.5 Å². The molecule has 1 N–H and O–H groups in total. The number of nitrogens with zero attached hydrogens (tertiary/aromatic N) is 1. The molecule has 1 aromatic heterocycles. The smallest absolute Gasteiger partial charge is 0.0591 e. The molecule has 1 atom stereocenters. The molecule has 0 bridgehead atoms. The van der Waals surface area contributed by atoms with E-state index in [4.69, 9.17) is 4.74 Å². The minimum absolute atomic E-state index is 0.268. The first-order valence-electron chi connectivity index (χ1n) is 5.67. The molecule has 0 radical (unpaired) electrons. The van der Waals surface area contributed by atoms with Gasteiger partial charge in [-0.2, -0.15) is 0 Å². The van der Waals surface area contributed by atoms with Crippen LogP contribution in [-0.4, -0.2) is 24.7 Å². The fourth-order valence-electron chi connectivity index (χ4n) is 1.35. The maximum absolute atomic E-state index is 5.41. The van der Waals surface area contributed by atoms with Crippen LogP contribution in [0.25, 0.3) is 0 Å². The van der Waals surface area contributed by atoms with Crippen molar-refractivity contribution >= 4 is 0 Å². The van der Waals surface area contributed by atoms with E-state index < -0.39 is 0 Å². The third kappa shape index (κ3) is 5.05. The van der Waals surface area contributed by atoms with E-state index in [-0.39, 0.29) is 6.04 Å². The van der Waals surface area contributed by atoms with Crippen molar-refractivity contribution in [3.05, 3.63) is 42.7 Å². The SMILES string of the molecule is C=CCCOCCNC(C)c1ccccn1. The average molecular weight is 220 g/mol. The molecule has 3 heteroatoms. The number of aromatic nitrogens is 1. The predicted octanol–water partition coefficient (Wildman–Crippen LogP) is 2.32. The van der Waals surface area contributed by atoms with Crippen LogP contribution in [0.1, 0.15) is 25.1 Å². The fourth-order valence-corrected chi connectivity index (χ4v) is 1.35. The molecule has 1 rings (SSSR count). The van der Waals surface area contributed by atoms with Crippen LogP contribution >= 0.6 is 0 Å². The van der Waals surface area contributed by atoms with Crippen molar-refractivity contribution in [3.63, 3.8) is 0 Å². The molecule has 0 amide bonds. The molecule has 0 aliphatic heterocycles. The summed E-state index contributed by atoms with van der Waals surface area (Å²) in [4.78, 5) is 4.29. The monoisotopic (exact) mass is 220 g/mol. The van der Waals surface area contributed by atoms with Crippen molar-refractivity contribution in [2.75, 3.05) is 19.8 Å². The van der Waals surface area contributed by atoms with Gasteiger partial charge in [0, 0.05) is 18.8 Å². The highest BCUT2D eigenvalue weighted by Crippen LogP contribution is 2.06. The van der Waals surface area contributed by atoms with Crippen molar-refractivity contribution in [2.45, 2.75) is 19.4 Å². The molecule has 3 nitrogen and oxygen atoms in total. The summed E-state index contributed by atoms with van der Waals surface area (Å²) in [5.74, 6) is 0. The molecule has 0 spiro atoms. The van der Waals surface area contributed by atoms with Gasteiger partial charge in [-0.3, -0.25) is 4.98 Å². The van der Waals surface area contributed by atoms with Gasteiger partial charge in [-0.25, -0.2) is 0 Å². The van der Waals surface area contributed by atoms with Crippen LogP contribution < -0.4 is 5.32 Å². The minimum atomic E-state index is 0.268. The second-order valence-corrected chi connectivity index (χ2v) is 3.62. The lowest BCUT2D eigenvalue weighted by atomic mass is 10.2. The molecule has 0 aromatic carbocycles. The van der Waals surface area contributed by atoms with E-state index in [0.29, 0.717) is 0 Å². The zero-order valence-corrected chi connectivity index (χ0v) is 9.86. The predicted molar refractivity (Wildman–Crippen MR) is 66.3 cm³/mol. The zero-order valence-electron chi connectivity index (χ0n) is 9.86. The fraction of sp³-hybridized carbons (Fsp3) is 0.462. The van der Waals surface area contributed by atoms with E-state index in [0.717, 1.165) is 31.9 Å². The van der Waals surface area contributed by atoms with Crippen LogP contribution in [0.2, 0.25) is 0 Å². The second-order valence-electron chi connectivity index (χ2n) is 3.62. The molecule has 0 saturated heterocycles. The second kappa shape index (κ2) is 8.02. The van der Waals surface area contributed by atoms with Gasteiger partial charge in [0.25, 0.3) is 0 Å². The third-order valence-electron chi connectivity index (χ3n) is 2.29.